The minimum Gasteiger partial charge on any atom is -0.481 e. The molecule has 0 bridgehead atoms. The Kier molecular flexibility index (Phi) is 4.48. The summed E-state index contributed by atoms with van der Waals surface area (Å²) in [4.78, 5) is 24.4. The fourth-order valence-corrected chi connectivity index (χ4v) is 3.44. The summed E-state index contributed by atoms with van der Waals surface area (Å²) < 4.78 is 0. The van der Waals surface area contributed by atoms with Crippen molar-refractivity contribution in [2.24, 2.45) is 5.92 Å². The molecule has 110 valence electrons. The highest BCUT2D eigenvalue weighted by Gasteiger charge is 2.34. The molecule has 1 saturated carbocycles. The molecule has 0 saturated heterocycles. The SMILES string of the molecule is CC(C)(C(=O)NC1CCC(C(=O)O)CC1)c1cccs1. The third-order valence-electron chi connectivity index (χ3n) is 4.12. The Morgan fingerprint density at radius 1 is 1.30 bits per heavy atom. The van der Waals surface area contributed by atoms with Crippen LogP contribution in [0.5, 0.6) is 0 Å². The molecule has 0 radical (unpaired) electrons. The van der Waals surface area contributed by atoms with Crippen LogP contribution < -0.4 is 5.32 Å². The number of amides is 1. The smallest absolute Gasteiger partial charge is 0.306 e. The second-order valence-corrected chi connectivity index (χ2v) is 6.91. The van der Waals surface area contributed by atoms with Gasteiger partial charge in [0.25, 0.3) is 0 Å². The Morgan fingerprint density at radius 2 is 1.95 bits per heavy atom. The van der Waals surface area contributed by atoms with Crippen LogP contribution in [0.1, 0.15) is 44.4 Å². The number of nitrogens with one attached hydrogen (secondary N) is 1. The van der Waals surface area contributed by atoms with Gasteiger partial charge in [-0.05, 0) is 51.0 Å². The van der Waals surface area contributed by atoms with E-state index in [1.165, 1.54) is 0 Å². The molecular formula is C15H21NO3S. The zero-order chi connectivity index (χ0) is 14.8. The van der Waals surface area contributed by atoms with E-state index in [1.54, 1.807) is 11.3 Å². The number of carbonyl (C=O) groups is 2. The van der Waals surface area contributed by atoms with Crippen molar-refractivity contribution < 1.29 is 14.7 Å². The summed E-state index contributed by atoms with van der Waals surface area (Å²) in [6.45, 7) is 3.86. The first-order valence-electron chi connectivity index (χ1n) is 6.99. The second kappa shape index (κ2) is 5.95. The molecule has 1 aliphatic carbocycles. The highest BCUT2D eigenvalue weighted by Crippen LogP contribution is 2.29. The fraction of sp³-hybridized carbons (Fsp3) is 0.600. The summed E-state index contributed by atoms with van der Waals surface area (Å²) in [5.41, 5.74) is -0.530. The van der Waals surface area contributed by atoms with Gasteiger partial charge >= 0.3 is 5.97 Å². The van der Waals surface area contributed by atoms with Gasteiger partial charge < -0.3 is 10.4 Å². The van der Waals surface area contributed by atoms with E-state index in [4.69, 9.17) is 5.11 Å². The van der Waals surface area contributed by atoms with Gasteiger partial charge in [0, 0.05) is 10.9 Å². The summed E-state index contributed by atoms with van der Waals surface area (Å²) in [7, 11) is 0. The van der Waals surface area contributed by atoms with Gasteiger partial charge in [-0.15, -0.1) is 11.3 Å². The Labute approximate surface area is 123 Å². The van der Waals surface area contributed by atoms with Gasteiger partial charge in [0.05, 0.1) is 11.3 Å². The van der Waals surface area contributed by atoms with Crippen LogP contribution in [-0.4, -0.2) is 23.0 Å². The Bertz CT molecular complexity index is 473. The van der Waals surface area contributed by atoms with Gasteiger partial charge in [-0.3, -0.25) is 9.59 Å². The fourth-order valence-electron chi connectivity index (χ4n) is 2.60. The highest BCUT2D eigenvalue weighted by atomic mass is 32.1. The molecule has 1 heterocycles. The lowest BCUT2D eigenvalue weighted by molar-refractivity contribution is -0.142. The molecule has 1 aromatic heterocycles. The minimum atomic E-state index is -0.714. The average Bonchev–Trinajstić information content (AvgIpc) is 2.93. The van der Waals surface area contributed by atoms with Crippen LogP contribution in [0.25, 0.3) is 0 Å². The van der Waals surface area contributed by atoms with Crippen LogP contribution >= 0.6 is 11.3 Å². The largest absolute Gasteiger partial charge is 0.481 e. The van der Waals surface area contributed by atoms with Gasteiger partial charge in [-0.2, -0.15) is 0 Å². The predicted octanol–water partition coefficient (Wildman–Crippen LogP) is 2.79. The molecule has 1 fully saturated rings. The molecule has 0 aromatic carbocycles. The first kappa shape index (κ1) is 15.0. The lowest BCUT2D eigenvalue weighted by atomic mass is 9.84. The lowest BCUT2D eigenvalue weighted by Gasteiger charge is -2.30. The third kappa shape index (κ3) is 3.20. The molecule has 5 heteroatoms. The van der Waals surface area contributed by atoms with E-state index in [2.05, 4.69) is 5.32 Å². The molecule has 0 unspecified atom stereocenters. The van der Waals surface area contributed by atoms with Crippen molar-refractivity contribution >= 4 is 23.2 Å². The number of carboxylic acid groups (broad SMARTS) is 1. The maximum atomic E-state index is 12.4. The number of carboxylic acids is 1. The van der Waals surface area contributed by atoms with Crippen LogP contribution in [0.4, 0.5) is 0 Å². The molecule has 20 heavy (non-hydrogen) atoms. The van der Waals surface area contributed by atoms with E-state index in [9.17, 15) is 9.59 Å². The molecule has 2 rings (SSSR count). The quantitative estimate of drug-likeness (QED) is 0.897. The van der Waals surface area contributed by atoms with Gasteiger partial charge in [0.2, 0.25) is 5.91 Å². The minimum absolute atomic E-state index is 0.0266. The van der Waals surface area contributed by atoms with Gasteiger partial charge in [0.15, 0.2) is 0 Å². The van der Waals surface area contributed by atoms with Crippen LogP contribution in [0.2, 0.25) is 0 Å². The number of hydrogen-bond donors (Lipinski definition) is 2. The van der Waals surface area contributed by atoms with Crippen LogP contribution in [0, 0.1) is 5.92 Å². The summed E-state index contributed by atoms with van der Waals surface area (Å²) in [6, 6.07) is 4.04. The van der Waals surface area contributed by atoms with Crippen molar-refractivity contribution in [3.63, 3.8) is 0 Å². The monoisotopic (exact) mass is 295 g/mol. The van der Waals surface area contributed by atoms with E-state index in [0.717, 1.165) is 17.7 Å². The normalized spacial score (nSPS) is 23.3. The average molecular weight is 295 g/mol. The maximum Gasteiger partial charge on any atom is 0.306 e. The van der Waals surface area contributed by atoms with Crippen molar-refractivity contribution in [3.8, 4) is 0 Å². The van der Waals surface area contributed by atoms with Crippen molar-refractivity contribution in [2.75, 3.05) is 0 Å². The van der Waals surface area contributed by atoms with Crippen LogP contribution in [0.15, 0.2) is 17.5 Å². The molecule has 0 spiro atoms. The third-order valence-corrected chi connectivity index (χ3v) is 5.31. The van der Waals surface area contributed by atoms with Crippen molar-refractivity contribution in [1.29, 1.82) is 0 Å². The second-order valence-electron chi connectivity index (χ2n) is 5.96. The molecule has 4 nitrogen and oxygen atoms in total. The number of rotatable bonds is 4. The number of thiophene rings is 1. The van der Waals surface area contributed by atoms with Crippen LogP contribution in [0.3, 0.4) is 0 Å². The van der Waals surface area contributed by atoms with E-state index < -0.39 is 11.4 Å². The number of hydrogen-bond acceptors (Lipinski definition) is 3. The van der Waals surface area contributed by atoms with E-state index in [-0.39, 0.29) is 17.9 Å². The number of carbonyl (C=O) groups excluding carboxylic acids is 1. The molecule has 0 aliphatic heterocycles. The summed E-state index contributed by atoms with van der Waals surface area (Å²) >= 11 is 1.59. The first-order valence-corrected chi connectivity index (χ1v) is 7.87. The summed E-state index contributed by atoms with van der Waals surface area (Å²) in [5.74, 6) is -0.930. The predicted molar refractivity (Wildman–Crippen MR) is 78.9 cm³/mol. The first-order chi connectivity index (χ1) is 9.41. The van der Waals surface area contributed by atoms with E-state index >= 15 is 0 Å². The zero-order valence-corrected chi connectivity index (χ0v) is 12.7. The Morgan fingerprint density at radius 3 is 2.45 bits per heavy atom. The van der Waals surface area contributed by atoms with Crippen molar-refractivity contribution in [2.45, 2.75) is 51.0 Å². The standard InChI is InChI=1S/C15H21NO3S/c1-15(2,12-4-3-9-20-12)14(19)16-11-7-5-10(6-8-11)13(17)18/h3-4,9-11H,5-8H2,1-2H3,(H,16,19)(H,17,18). The zero-order valence-electron chi connectivity index (χ0n) is 11.9. The van der Waals surface area contributed by atoms with Crippen LogP contribution in [-0.2, 0) is 15.0 Å². The maximum absolute atomic E-state index is 12.4. The van der Waals surface area contributed by atoms with E-state index in [1.807, 2.05) is 31.4 Å². The highest BCUT2D eigenvalue weighted by molar-refractivity contribution is 7.10. The van der Waals surface area contributed by atoms with E-state index in [0.29, 0.717) is 12.8 Å². The molecular weight excluding hydrogens is 274 g/mol. The Hall–Kier alpha value is -1.36. The Balaban J connectivity index is 1.91. The van der Waals surface area contributed by atoms with Crippen molar-refractivity contribution in [1.82, 2.24) is 5.32 Å². The van der Waals surface area contributed by atoms with Gasteiger partial charge in [-0.1, -0.05) is 6.07 Å². The van der Waals surface area contributed by atoms with Gasteiger partial charge in [-0.25, -0.2) is 0 Å². The lowest BCUT2D eigenvalue weighted by Crippen LogP contribution is -2.46. The molecule has 1 aromatic rings. The molecule has 1 aliphatic rings. The summed E-state index contributed by atoms with van der Waals surface area (Å²) in [6.07, 6.45) is 2.81. The number of aliphatic carboxylic acids is 1. The summed E-state index contributed by atoms with van der Waals surface area (Å²) in [5, 5.41) is 14.0. The molecule has 0 atom stereocenters. The molecule has 1 amide bonds. The van der Waals surface area contributed by atoms with Gasteiger partial charge in [0.1, 0.15) is 0 Å². The van der Waals surface area contributed by atoms with Crippen molar-refractivity contribution in [3.05, 3.63) is 22.4 Å². The molecule has 2 N–H and O–H groups in total. The topological polar surface area (TPSA) is 66.4 Å².